The molecular weight excluding hydrogens is 186 g/mol. The molecule has 15 heavy (non-hydrogen) atoms. The molecule has 0 saturated carbocycles. The highest BCUT2D eigenvalue weighted by Gasteiger charge is 2.04. The molecule has 0 amide bonds. The number of amidine groups is 1. The molecule has 0 aromatic heterocycles. The topological polar surface area (TPSA) is 50.4 Å². The first-order chi connectivity index (χ1) is 7.19. The average Bonchev–Trinajstić information content (AvgIpc) is 2.21. The zero-order valence-corrected chi connectivity index (χ0v) is 9.67. The van der Waals surface area contributed by atoms with E-state index in [1.807, 2.05) is 0 Å². The van der Waals surface area contributed by atoms with Gasteiger partial charge in [-0.15, -0.1) is 0 Å². The lowest BCUT2D eigenvalue weighted by atomic mass is 10.1. The Kier molecular flexibility index (Phi) is 4.31. The van der Waals surface area contributed by atoms with Crippen LogP contribution in [0.15, 0.2) is 23.2 Å². The van der Waals surface area contributed by atoms with Crippen LogP contribution in [-0.4, -0.2) is 12.4 Å². The normalized spacial score (nSPS) is 11.6. The number of hydrogen-bond donors (Lipinski definition) is 2. The fraction of sp³-hybridized carbons (Fsp3) is 0.417. The van der Waals surface area contributed by atoms with Crippen molar-refractivity contribution in [2.45, 2.75) is 27.2 Å². The van der Waals surface area contributed by atoms with E-state index in [-0.39, 0.29) is 0 Å². The van der Waals surface area contributed by atoms with Gasteiger partial charge in [-0.1, -0.05) is 30.7 Å². The lowest BCUT2D eigenvalue weighted by Crippen LogP contribution is -2.32. The van der Waals surface area contributed by atoms with E-state index in [1.54, 1.807) is 0 Å². The maximum Gasteiger partial charge on any atom is 0.142 e. The second kappa shape index (κ2) is 5.51. The number of aryl methyl sites for hydroxylation is 2. The number of benzene rings is 1. The standard InChI is InChI=1S/C12H19N3/c1-4-7-14-12(15-13)11-6-5-9(2)8-10(11)3/h5-6,8H,4,7,13H2,1-3H3,(H,14,15). The number of nitrogens with zero attached hydrogens (tertiary/aromatic N) is 1. The molecule has 0 unspecified atom stereocenters. The molecule has 0 aliphatic rings. The monoisotopic (exact) mass is 205 g/mol. The van der Waals surface area contributed by atoms with Crippen LogP contribution in [0.1, 0.15) is 30.0 Å². The van der Waals surface area contributed by atoms with Crippen molar-refractivity contribution in [2.24, 2.45) is 10.8 Å². The Balaban J connectivity index is 3.02. The van der Waals surface area contributed by atoms with Crippen LogP contribution < -0.4 is 11.3 Å². The van der Waals surface area contributed by atoms with Gasteiger partial charge in [0.2, 0.25) is 0 Å². The van der Waals surface area contributed by atoms with Gasteiger partial charge in [-0.2, -0.15) is 0 Å². The Labute approximate surface area is 91.4 Å². The van der Waals surface area contributed by atoms with Crippen molar-refractivity contribution in [3.8, 4) is 0 Å². The lowest BCUT2D eigenvalue weighted by Gasteiger charge is -2.09. The molecule has 3 heteroatoms. The summed E-state index contributed by atoms with van der Waals surface area (Å²) in [6, 6.07) is 6.26. The highest BCUT2D eigenvalue weighted by molar-refractivity contribution is 5.99. The minimum atomic E-state index is 0.773. The van der Waals surface area contributed by atoms with Crippen molar-refractivity contribution in [3.05, 3.63) is 34.9 Å². The van der Waals surface area contributed by atoms with Crippen LogP contribution >= 0.6 is 0 Å². The molecule has 0 spiro atoms. The predicted molar refractivity (Wildman–Crippen MR) is 64.9 cm³/mol. The Morgan fingerprint density at radius 3 is 2.67 bits per heavy atom. The summed E-state index contributed by atoms with van der Waals surface area (Å²) >= 11 is 0. The molecule has 1 aromatic carbocycles. The number of rotatable bonds is 3. The molecule has 3 N–H and O–H groups in total. The number of hydrogen-bond acceptors (Lipinski definition) is 2. The zero-order chi connectivity index (χ0) is 11.3. The van der Waals surface area contributed by atoms with Crippen LogP contribution in [0, 0.1) is 13.8 Å². The molecule has 0 aliphatic heterocycles. The van der Waals surface area contributed by atoms with Gasteiger partial charge in [-0.3, -0.25) is 4.99 Å². The van der Waals surface area contributed by atoms with Crippen LogP contribution in [0.25, 0.3) is 0 Å². The molecule has 82 valence electrons. The molecule has 3 nitrogen and oxygen atoms in total. The molecule has 0 radical (unpaired) electrons. The van der Waals surface area contributed by atoms with Gasteiger partial charge in [0.1, 0.15) is 5.84 Å². The first kappa shape index (κ1) is 11.7. The highest BCUT2D eigenvalue weighted by atomic mass is 15.2. The fourth-order valence-corrected chi connectivity index (χ4v) is 1.51. The first-order valence-corrected chi connectivity index (χ1v) is 5.27. The van der Waals surface area contributed by atoms with Gasteiger partial charge in [0, 0.05) is 12.1 Å². The molecule has 1 rings (SSSR count). The summed E-state index contributed by atoms with van der Waals surface area (Å²) in [5.41, 5.74) is 6.19. The number of nitrogens with two attached hydrogens (primary N) is 1. The van der Waals surface area contributed by atoms with Crippen LogP contribution in [0.4, 0.5) is 0 Å². The zero-order valence-electron chi connectivity index (χ0n) is 9.67. The van der Waals surface area contributed by atoms with Crippen molar-refractivity contribution >= 4 is 5.84 Å². The van der Waals surface area contributed by atoms with Crippen molar-refractivity contribution in [2.75, 3.05) is 6.54 Å². The van der Waals surface area contributed by atoms with E-state index in [0.717, 1.165) is 24.4 Å². The van der Waals surface area contributed by atoms with E-state index in [2.05, 4.69) is 49.4 Å². The quantitative estimate of drug-likeness (QED) is 0.343. The average molecular weight is 205 g/mol. The minimum absolute atomic E-state index is 0.773. The third-order valence-corrected chi connectivity index (χ3v) is 2.27. The fourth-order valence-electron chi connectivity index (χ4n) is 1.51. The van der Waals surface area contributed by atoms with Gasteiger partial charge in [-0.05, 0) is 25.8 Å². The number of nitrogens with one attached hydrogen (secondary N) is 1. The molecule has 0 fully saturated rings. The Bertz CT molecular complexity index is 356. The summed E-state index contributed by atoms with van der Waals surface area (Å²) in [5, 5.41) is 0. The summed E-state index contributed by atoms with van der Waals surface area (Å²) in [5.74, 6) is 6.24. The summed E-state index contributed by atoms with van der Waals surface area (Å²) in [6.07, 6.45) is 1.02. The van der Waals surface area contributed by atoms with Crippen molar-refractivity contribution < 1.29 is 0 Å². The van der Waals surface area contributed by atoms with Crippen molar-refractivity contribution in [3.63, 3.8) is 0 Å². The molecule has 0 saturated heterocycles. The maximum absolute atomic E-state index is 5.47. The Hall–Kier alpha value is -1.35. The lowest BCUT2D eigenvalue weighted by molar-refractivity contribution is 0.907. The van der Waals surface area contributed by atoms with E-state index in [4.69, 9.17) is 5.84 Å². The van der Waals surface area contributed by atoms with E-state index in [1.165, 1.54) is 11.1 Å². The molecule has 0 heterocycles. The largest absolute Gasteiger partial charge is 0.308 e. The Morgan fingerprint density at radius 1 is 1.40 bits per heavy atom. The number of aliphatic imine (C=N–C) groups is 1. The smallest absolute Gasteiger partial charge is 0.142 e. The maximum atomic E-state index is 5.47. The summed E-state index contributed by atoms with van der Waals surface area (Å²) in [6.45, 7) is 7.04. The molecule has 0 atom stereocenters. The van der Waals surface area contributed by atoms with Crippen molar-refractivity contribution in [1.29, 1.82) is 0 Å². The number of hydrazine groups is 1. The second-order valence-corrected chi connectivity index (χ2v) is 3.69. The van der Waals surface area contributed by atoms with E-state index >= 15 is 0 Å². The second-order valence-electron chi connectivity index (χ2n) is 3.69. The summed E-state index contributed by atoms with van der Waals surface area (Å²) < 4.78 is 0. The predicted octanol–water partition coefficient (Wildman–Crippen LogP) is 1.92. The van der Waals surface area contributed by atoms with Crippen LogP contribution in [-0.2, 0) is 0 Å². The van der Waals surface area contributed by atoms with Gasteiger partial charge >= 0.3 is 0 Å². The van der Waals surface area contributed by atoms with Gasteiger partial charge in [-0.25, -0.2) is 5.84 Å². The van der Waals surface area contributed by atoms with Gasteiger partial charge in [0.15, 0.2) is 0 Å². The first-order valence-electron chi connectivity index (χ1n) is 5.27. The summed E-state index contributed by atoms with van der Waals surface area (Å²) in [4.78, 5) is 4.40. The summed E-state index contributed by atoms with van der Waals surface area (Å²) in [7, 11) is 0. The van der Waals surface area contributed by atoms with Gasteiger partial charge in [0.05, 0.1) is 0 Å². The van der Waals surface area contributed by atoms with Crippen molar-refractivity contribution in [1.82, 2.24) is 5.43 Å². The van der Waals surface area contributed by atoms with Crippen LogP contribution in [0.5, 0.6) is 0 Å². The van der Waals surface area contributed by atoms with Crippen LogP contribution in [0.3, 0.4) is 0 Å². The van der Waals surface area contributed by atoms with Gasteiger partial charge < -0.3 is 5.43 Å². The van der Waals surface area contributed by atoms with E-state index in [0.29, 0.717) is 0 Å². The Morgan fingerprint density at radius 2 is 2.13 bits per heavy atom. The molecule has 0 aliphatic carbocycles. The SMILES string of the molecule is CCCN=C(NN)c1ccc(C)cc1C. The van der Waals surface area contributed by atoms with E-state index < -0.39 is 0 Å². The molecule has 0 bridgehead atoms. The minimum Gasteiger partial charge on any atom is -0.308 e. The highest BCUT2D eigenvalue weighted by Crippen LogP contribution is 2.10. The molecule has 1 aromatic rings. The van der Waals surface area contributed by atoms with Crippen LogP contribution in [0.2, 0.25) is 0 Å². The molecular formula is C12H19N3. The van der Waals surface area contributed by atoms with Gasteiger partial charge in [0.25, 0.3) is 0 Å². The third kappa shape index (κ3) is 3.06. The van der Waals surface area contributed by atoms with E-state index in [9.17, 15) is 0 Å². The third-order valence-electron chi connectivity index (χ3n) is 2.27.